The highest BCUT2D eigenvalue weighted by Gasteiger charge is 2.27. The summed E-state index contributed by atoms with van der Waals surface area (Å²) in [6.45, 7) is 1.85. The van der Waals surface area contributed by atoms with Gasteiger partial charge in [-0.25, -0.2) is 0 Å². The van der Waals surface area contributed by atoms with Crippen LogP contribution in [0.3, 0.4) is 0 Å². The van der Waals surface area contributed by atoms with Gasteiger partial charge in [0.05, 0.1) is 14.9 Å². The molecule has 2 aromatic rings. The van der Waals surface area contributed by atoms with Gasteiger partial charge in [0, 0.05) is 36.9 Å². The fourth-order valence-corrected chi connectivity index (χ4v) is 4.35. The van der Waals surface area contributed by atoms with E-state index in [1.165, 1.54) is 30.3 Å². The van der Waals surface area contributed by atoms with Crippen LogP contribution in [0.4, 0.5) is 5.69 Å². The van der Waals surface area contributed by atoms with Crippen LogP contribution in [0.25, 0.3) is 17.4 Å². The molecule has 0 N–H and O–H groups in total. The number of nitro groups is 1. The lowest BCUT2D eigenvalue weighted by Gasteiger charge is -2.27. The number of furan rings is 1. The molecule has 1 fully saturated rings. The zero-order chi connectivity index (χ0) is 19.7. The van der Waals surface area contributed by atoms with Crippen LogP contribution in [0.5, 0.6) is 0 Å². The topological polar surface area (TPSA) is 89.0 Å². The van der Waals surface area contributed by atoms with Gasteiger partial charge in [0.2, 0.25) is 0 Å². The molecule has 9 heteroatoms. The first-order valence-electron chi connectivity index (χ1n) is 8.83. The normalized spacial score (nSPS) is 18.6. The third kappa shape index (κ3) is 3.83. The van der Waals surface area contributed by atoms with Gasteiger partial charge in [0.15, 0.2) is 5.17 Å². The number of hydrogen-bond donors (Lipinski definition) is 0. The molecule has 0 spiro atoms. The lowest BCUT2D eigenvalue weighted by Crippen LogP contribution is -2.33. The summed E-state index contributed by atoms with van der Waals surface area (Å²) in [7, 11) is 0. The molecular formula is C19H16ClN3O4S. The number of thioether (sulfide) groups is 1. The number of carbonyl (C=O) groups excluding carboxylic acids is 1. The Bertz CT molecular complexity index is 1010. The van der Waals surface area contributed by atoms with Crippen molar-refractivity contribution in [3.05, 3.63) is 56.1 Å². The Labute approximate surface area is 170 Å². The highest BCUT2D eigenvalue weighted by atomic mass is 35.5. The van der Waals surface area contributed by atoms with Gasteiger partial charge in [-0.1, -0.05) is 11.6 Å². The number of likely N-dealkylation sites (tertiary alicyclic amines) is 1. The minimum atomic E-state index is -0.503. The van der Waals surface area contributed by atoms with E-state index in [1.807, 2.05) is 0 Å². The maximum Gasteiger partial charge on any atom is 0.286 e. The van der Waals surface area contributed by atoms with E-state index in [4.69, 9.17) is 16.0 Å². The lowest BCUT2D eigenvalue weighted by atomic mass is 10.1. The van der Waals surface area contributed by atoms with Crippen LogP contribution in [0.15, 0.2) is 44.6 Å². The highest BCUT2D eigenvalue weighted by Crippen LogP contribution is 2.35. The average Bonchev–Trinajstić information content (AvgIpc) is 3.30. The third-order valence-corrected chi connectivity index (χ3v) is 5.92. The lowest BCUT2D eigenvalue weighted by molar-refractivity contribution is -0.384. The number of rotatable bonds is 3. The number of aliphatic imine (C=N–C) groups is 1. The Kier molecular flexibility index (Phi) is 5.23. The zero-order valence-corrected chi connectivity index (χ0v) is 16.3. The summed E-state index contributed by atoms with van der Waals surface area (Å²) >= 11 is 7.51. The number of amides is 1. The van der Waals surface area contributed by atoms with Crippen LogP contribution >= 0.6 is 23.4 Å². The first-order valence-corrected chi connectivity index (χ1v) is 10.0. The molecule has 1 amide bonds. The number of nitrogens with zero attached hydrogens (tertiary/aromatic N) is 3. The van der Waals surface area contributed by atoms with Gasteiger partial charge in [0.1, 0.15) is 11.5 Å². The van der Waals surface area contributed by atoms with Crippen molar-refractivity contribution < 1.29 is 14.1 Å². The van der Waals surface area contributed by atoms with Gasteiger partial charge < -0.3 is 9.32 Å². The van der Waals surface area contributed by atoms with E-state index >= 15 is 0 Å². The van der Waals surface area contributed by atoms with Crippen molar-refractivity contribution in [2.24, 2.45) is 4.99 Å². The van der Waals surface area contributed by atoms with Crippen molar-refractivity contribution in [3.63, 3.8) is 0 Å². The Morgan fingerprint density at radius 2 is 2.00 bits per heavy atom. The fraction of sp³-hybridized carbons (Fsp3) is 0.263. The van der Waals surface area contributed by atoms with Crippen molar-refractivity contribution in [2.75, 3.05) is 13.1 Å². The number of non-ortho nitro benzene ring substituents is 1. The number of hydrogen-bond acceptors (Lipinski definition) is 6. The van der Waals surface area contributed by atoms with Crippen molar-refractivity contribution in [3.8, 4) is 11.3 Å². The van der Waals surface area contributed by atoms with Crippen molar-refractivity contribution >= 4 is 46.2 Å². The van der Waals surface area contributed by atoms with Gasteiger partial charge in [-0.3, -0.25) is 14.9 Å². The molecular weight excluding hydrogens is 402 g/mol. The predicted molar refractivity (Wildman–Crippen MR) is 109 cm³/mol. The quantitative estimate of drug-likeness (QED) is 0.398. The van der Waals surface area contributed by atoms with Gasteiger partial charge in [-0.15, -0.1) is 0 Å². The number of halogens is 1. The summed E-state index contributed by atoms with van der Waals surface area (Å²) in [4.78, 5) is 29.4. The minimum absolute atomic E-state index is 0.0852. The van der Waals surface area contributed by atoms with Crippen LogP contribution in [0.2, 0.25) is 5.02 Å². The maximum absolute atomic E-state index is 12.2. The molecule has 7 nitrogen and oxygen atoms in total. The van der Waals surface area contributed by atoms with E-state index in [1.54, 1.807) is 24.3 Å². The van der Waals surface area contributed by atoms with Crippen LogP contribution in [0, 0.1) is 10.1 Å². The second-order valence-electron chi connectivity index (χ2n) is 6.48. The number of amidine groups is 1. The van der Waals surface area contributed by atoms with E-state index in [0.29, 0.717) is 22.0 Å². The molecule has 144 valence electrons. The van der Waals surface area contributed by atoms with Crippen LogP contribution in [0.1, 0.15) is 25.0 Å². The SMILES string of the molecule is O=C1N=C(N2CCCCC2)S/C1=C\c1ccc(-c2ccc([N+](=O)[O-])cc2Cl)o1. The fourth-order valence-electron chi connectivity index (χ4n) is 3.14. The highest BCUT2D eigenvalue weighted by molar-refractivity contribution is 8.18. The standard InChI is InChI=1S/C19H16ClN3O4S/c20-15-10-12(23(25)26)4-6-14(15)16-7-5-13(27-16)11-17-18(24)21-19(28-17)22-8-2-1-3-9-22/h4-7,10-11H,1-3,8-9H2/b17-11-. The molecule has 0 saturated carbocycles. The molecule has 0 bridgehead atoms. The van der Waals surface area contributed by atoms with Crippen LogP contribution in [-0.4, -0.2) is 34.0 Å². The summed E-state index contributed by atoms with van der Waals surface area (Å²) in [6.07, 6.45) is 5.11. The second-order valence-corrected chi connectivity index (χ2v) is 7.90. The minimum Gasteiger partial charge on any atom is -0.457 e. The molecule has 1 aromatic heterocycles. The molecule has 2 aliphatic rings. The summed E-state index contributed by atoms with van der Waals surface area (Å²) in [5.74, 6) is 0.701. The molecule has 0 radical (unpaired) electrons. The molecule has 0 atom stereocenters. The molecule has 1 saturated heterocycles. The van der Waals surface area contributed by atoms with Crippen molar-refractivity contribution in [1.29, 1.82) is 0 Å². The van der Waals surface area contributed by atoms with Crippen molar-refractivity contribution in [1.82, 2.24) is 4.90 Å². The predicted octanol–water partition coefficient (Wildman–Crippen LogP) is 4.96. The van der Waals surface area contributed by atoms with E-state index in [0.717, 1.165) is 31.1 Å². The molecule has 0 unspecified atom stereocenters. The molecule has 1 aromatic carbocycles. The first kappa shape index (κ1) is 18.8. The summed E-state index contributed by atoms with van der Waals surface area (Å²) in [5, 5.41) is 11.8. The second kappa shape index (κ2) is 7.81. The smallest absolute Gasteiger partial charge is 0.286 e. The molecule has 28 heavy (non-hydrogen) atoms. The first-order chi connectivity index (χ1) is 13.5. The number of benzene rings is 1. The Hall–Kier alpha value is -2.58. The van der Waals surface area contributed by atoms with Gasteiger partial charge in [-0.05, 0) is 49.2 Å². The number of nitro benzene ring substituents is 1. The van der Waals surface area contributed by atoms with Gasteiger partial charge >= 0.3 is 0 Å². The number of piperidine rings is 1. The molecule has 2 aliphatic heterocycles. The zero-order valence-electron chi connectivity index (χ0n) is 14.8. The monoisotopic (exact) mass is 417 g/mol. The Balaban J connectivity index is 1.52. The largest absolute Gasteiger partial charge is 0.457 e. The van der Waals surface area contributed by atoms with Gasteiger partial charge in [0.25, 0.3) is 11.6 Å². The van der Waals surface area contributed by atoms with E-state index in [2.05, 4.69) is 9.89 Å². The van der Waals surface area contributed by atoms with Crippen LogP contribution in [-0.2, 0) is 4.79 Å². The summed E-state index contributed by atoms with van der Waals surface area (Å²) < 4.78 is 5.78. The maximum atomic E-state index is 12.2. The van der Waals surface area contributed by atoms with E-state index in [9.17, 15) is 14.9 Å². The number of carbonyl (C=O) groups is 1. The van der Waals surface area contributed by atoms with Crippen molar-refractivity contribution in [2.45, 2.75) is 19.3 Å². The Morgan fingerprint density at radius 1 is 1.21 bits per heavy atom. The van der Waals surface area contributed by atoms with Gasteiger partial charge in [-0.2, -0.15) is 4.99 Å². The van der Waals surface area contributed by atoms with Crippen LogP contribution < -0.4 is 0 Å². The molecule has 4 rings (SSSR count). The third-order valence-electron chi connectivity index (χ3n) is 4.56. The average molecular weight is 418 g/mol. The van der Waals surface area contributed by atoms with E-state index in [-0.39, 0.29) is 16.6 Å². The Morgan fingerprint density at radius 3 is 2.71 bits per heavy atom. The summed E-state index contributed by atoms with van der Waals surface area (Å²) in [6, 6.07) is 7.65. The van der Waals surface area contributed by atoms with E-state index < -0.39 is 4.92 Å². The summed E-state index contributed by atoms with van der Waals surface area (Å²) in [5.41, 5.74) is 0.463. The molecule has 0 aliphatic carbocycles. The molecule has 3 heterocycles.